The Morgan fingerprint density at radius 3 is 2.16 bits per heavy atom. The topological polar surface area (TPSA) is 81.2 Å². The van der Waals surface area contributed by atoms with Crippen molar-refractivity contribution >= 4 is 11.7 Å². The number of ether oxygens (including phenoxy) is 3. The molecule has 1 aliphatic rings. The second kappa shape index (κ2) is 9.15. The van der Waals surface area contributed by atoms with Gasteiger partial charge in [-0.3, -0.25) is 0 Å². The second-order valence-electron chi connectivity index (χ2n) is 6.03. The molecule has 25 heavy (non-hydrogen) atoms. The van der Waals surface area contributed by atoms with E-state index < -0.39 is 0 Å². The standard InChI is InChI=1S/C18H27N3O4/c1-12(20-21-18(22)19-14-8-6-5-7-9-14)13-10-15(23-2)17(25-4)16(11-13)24-3/h10-11,14H,5-9H2,1-4H3,(H2,19,21,22)/b20-12-. The second-order valence-corrected chi connectivity index (χ2v) is 6.03. The van der Waals surface area contributed by atoms with E-state index in [1.54, 1.807) is 33.5 Å². The number of rotatable bonds is 6. The van der Waals surface area contributed by atoms with Crippen molar-refractivity contribution in [2.75, 3.05) is 21.3 Å². The number of benzene rings is 1. The molecule has 1 aromatic rings. The molecule has 0 radical (unpaired) electrons. The highest BCUT2D eigenvalue weighted by Crippen LogP contribution is 2.38. The maximum atomic E-state index is 12.0. The lowest BCUT2D eigenvalue weighted by molar-refractivity contribution is 0.233. The summed E-state index contributed by atoms with van der Waals surface area (Å²) in [6.07, 6.45) is 5.64. The monoisotopic (exact) mass is 349 g/mol. The summed E-state index contributed by atoms with van der Waals surface area (Å²) in [5.74, 6) is 1.60. The number of methoxy groups -OCH3 is 3. The van der Waals surface area contributed by atoms with Crippen molar-refractivity contribution in [3.8, 4) is 17.2 Å². The van der Waals surface area contributed by atoms with Crippen LogP contribution in [-0.4, -0.2) is 39.1 Å². The molecule has 138 valence electrons. The zero-order valence-corrected chi connectivity index (χ0v) is 15.3. The van der Waals surface area contributed by atoms with Gasteiger partial charge in [0, 0.05) is 11.6 Å². The van der Waals surface area contributed by atoms with Crippen LogP contribution in [0.15, 0.2) is 17.2 Å². The van der Waals surface area contributed by atoms with Crippen LogP contribution in [0.5, 0.6) is 17.2 Å². The van der Waals surface area contributed by atoms with Gasteiger partial charge in [-0.25, -0.2) is 10.2 Å². The Balaban J connectivity index is 2.06. The van der Waals surface area contributed by atoms with Crippen LogP contribution in [0.4, 0.5) is 4.79 Å². The Labute approximate surface area is 148 Å². The maximum Gasteiger partial charge on any atom is 0.335 e. The van der Waals surface area contributed by atoms with Gasteiger partial charge in [0.15, 0.2) is 11.5 Å². The molecule has 0 unspecified atom stereocenters. The Morgan fingerprint density at radius 2 is 1.64 bits per heavy atom. The molecule has 1 aromatic carbocycles. The van der Waals surface area contributed by atoms with Crippen molar-refractivity contribution < 1.29 is 19.0 Å². The molecule has 1 saturated carbocycles. The first-order valence-electron chi connectivity index (χ1n) is 8.50. The van der Waals surface area contributed by atoms with E-state index >= 15 is 0 Å². The molecule has 2 rings (SSSR count). The zero-order valence-electron chi connectivity index (χ0n) is 15.3. The van der Waals surface area contributed by atoms with Gasteiger partial charge in [-0.15, -0.1) is 0 Å². The Kier molecular flexibility index (Phi) is 6.91. The fraction of sp³-hybridized carbons (Fsp3) is 0.556. The van der Waals surface area contributed by atoms with Crippen LogP contribution >= 0.6 is 0 Å². The van der Waals surface area contributed by atoms with Crippen molar-refractivity contribution in [2.45, 2.75) is 45.1 Å². The van der Waals surface area contributed by atoms with E-state index in [4.69, 9.17) is 14.2 Å². The molecule has 0 atom stereocenters. The summed E-state index contributed by atoms with van der Waals surface area (Å²) in [4.78, 5) is 12.0. The predicted octanol–water partition coefficient (Wildman–Crippen LogP) is 3.07. The average Bonchev–Trinajstić information content (AvgIpc) is 2.65. The molecular formula is C18H27N3O4. The van der Waals surface area contributed by atoms with E-state index in [0.29, 0.717) is 23.0 Å². The van der Waals surface area contributed by atoms with E-state index in [-0.39, 0.29) is 12.1 Å². The fourth-order valence-corrected chi connectivity index (χ4v) is 2.95. The summed E-state index contributed by atoms with van der Waals surface area (Å²) in [7, 11) is 4.67. The lowest BCUT2D eigenvalue weighted by Crippen LogP contribution is -2.41. The summed E-state index contributed by atoms with van der Waals surface area (Å²) in [5, 5.41) is 7.13. The SMILES string of the molecule is COc1cc(/C(C)=N\NC(=O)NC2CCCCC2)cc(OC)c1OC. The number of amides is 2. The summed E-state index contributed by atoms with van der Waals surface area (Å²) in [6, 6.07) is 3.55. The molecule has 0 spiro atoms. The van der Waals surface area contributed by atoms with Crippen LogP contribution in [0.3, 0.4) is 0 Å². The van der Waals surface area contributed by atoms with Gasteiger partial charge in [0.25, 0.3) is 0 Å². The third-order valence-corrected chi connectivity index (χ3v) is 4.35. The van der Waals surface area contributed by atoms with Crippen LogP contribution in [0.2, 0.25) is 0 Å². The van der Waals surface area contributed by atoms with Crippen molar-refractivity contribution in [3.05, 3.63) is 17.7 Å². The van der Waals surface area contributed by atoms with Crippen LogP contribution in [0.1, 0.15) is 44.6 Å². The van der Waals surface area contributed by atoms with Gasteiger partial charge in [-0.2, -0.15) is 5.10 Å². The molecule has 0 aliphatic heterocycles. The minimum absolute atomic E-state index is 0.241. The molecule has 2 N–H and O–H groups in total. The van der Waals surface area contributed by atoms with E-state index in [1.165, 1.54) is 19.3 Å². The van der Waals surface area contributed by atoms with Gasteiger partial charge in [0.2, 0.25) is 5.75 Å². The van der Waals surface area contributed by atoms with Crippen molar-refractivity contribution in [1.82, 2.24) is 10.7 Å². The molecule has 0 aromatic heterocycles. The number of nitrogens with one attached hydrogen (secondary N) is 2. The summed E-state index contributed by atoms with van der Waals surface area (Å²) in [5.41, 5.74) is 3.96. The maximum absolute atomic E-state index is 12.0. The molecule has 1 aliphatic carbocycles. The molecule has 0 heterocycles. The highest BCUT2D eigenvalue weighted by atomic mass is 16.5. The molecule has 2 amide bonds. The Morgan fingerprint density at radius 1 is 1.04 bits per heavy atom. The number of urea groups is 1. The molecule has 7 nitrogen and oxygen atoms in total. The molecule has 7 heteroatoms. The van der Waals surface area contributed by atoms with Crippen molar-refractivity contribution in [3.63, 3.8) is 0 Å². The number of hydrazone groups is 1. The van der Waals surface area contributed by atoms with Crippen molar-refractivity contribution in [2.24, 2.45) is 5.10 Å². The number of hydrogen-bond donors (Lipinski definition) is 2. The number of hydrogen-bond acceptors (Lipinski definition) is 5. The molecular weight excluding hydrogens is 322 g/mol. The Hall–Kier alpha value is -2.44. The molecule has 0 bridgehead atoms. The number of carbonyl (C=O) groups is 1. The lowest BCUT2D eigenvalue weighted by Gasteiger charge is -2.22. The lowest BCUT2D eigenvalue weighted by atomic mass is 9.96. The number of nitrogens with zero attached hydrogens (tertiary/aromatic N) is 1. The summed E-state index contributed by atoms with van der Waals surface area (Å²) >= 11 is 0. The van der Waals surface area contributed by atoms with Crippen LogP contribution < -0.4 is 25.0 Å². The van der Waals surface area contributed by atoms with Crippen LogP contribution in [0, 0.1) is 0 Å². The van der Waals surface area contributed by atoms with E-state index in [9.17, 15) is 4.79 Å². The summed E-state index contributed by atoms with van der Waals surface area (Å²) < 4.78 is 16.0. The normalized spacial score (nSPS) is 15.4. The van der Waals surface area contributed by atoms with Crippen LogP contribution in [0.25, 0.3) is 0 Å². The van der Waals surface area contributed by atoms with Gasteiger partial charge in [-0.1, -0.05) is 19.3 Å². The largest absolute Gasteiger partial charge is 0.493 e. The van der Waals surface area contributed by atoms with E-state index in [0.717, 1.165) is 18.4 Å². The van der Waals surface area contributed by atoms with Crippen LogP contribution in [-0.2, 0) is 0 Å². The van der Waals surface area contributed by atoms with Crippen molar-refractivity contribution in [1.29, 1.82) is 0 Å². The number of carbonyl (C=O) groups excluding carboxylic acids is 1. The average molecular weight is 349 g/mol. The van der Waals surface area contributed by atoms with Gasteiger partial charge < -0.3 is 19.5 Å². The minimum Gasteiger partial charge on any atom is -0.493 e. The minimum atomic E-state index is -0.279. The third kappa shape index (κ3) is 5.01. The van der Waals surface area contributed by atoms with E-state index in [1.807, 2.05) is 6.92 Å². The smallest absolute Gasteiger partial charge is 0.335 e. The van der Waals surface area contributed by atoms with Gasteiger partial charge in [-0.05, 0) is 31.9 Å². The molecule has 1 fully saturated rings. The predicted molar refractivity (Wildman–Crippen MR) is 96.8 cm³/mol. The summed E-state index contributed by atoms with van der Waals surface area (Å²) in [6.45, 7) is 1.81. The van der Waals surface area contributed by atoms with E-state index in [2.05, 4.69) is 15.8 Å². The van der Waals surface area contributed by atoms with Gasteiger partial charge in [0.1, 0.15) is 0 Å². The first-order chi connectivity index (χ1) is 12.1. The quantitative estimate of drug-likeness (QED) is 0.611. The zero-order chi connectivity index (χ0) is 18.2. The first kappa shape index (κ1) is 18.9. The van der Waals surface area contributed by atoms with Gasteiger partial charge in [0.05, 0.1) is 27.0 Å². The Bertz CT molecular complexity index is 600. The highest BCUT2D eigenvalue weighted by molar-refractivity contribution is 6.00. The third-order valence-electron chi connectivity index (χ3n) is 4.35. The first-order valence-corrected chi connectivity index (χ1v) is 8.50. The highest BCUT2D eigenvalue weighted by Gasteiger charge is 2.16. The van der Waals surface area contributed by atoms with Gasteiger partial charge >= 0.3 is 6.03 Å². The fourth-order valence-electron chi connectivity index (χ4n) is 2.95. The molecule has 0 saturated heterocycles.